The molecule has 1 aliphatic carbocycles. The minimum atomic E-state index is -0.465. The maximum Gasteiger partial charge on any atom is 0.286 e. The molecular formula is C16H16N4O3. The van der Waals surface area contributed by atoms with Gasteiger partial charge in [-0.05, 0) is 43.2 Å². The average molecular weight is 312 g/mol. The summed E-state index contributed by atoms with van der Waals surface area (Å²) < 4.78 is 0. The lowest BCUT2D eigenvalue weighted by Gasteiger charge is -2.08. The van der Waals surface area contributed by atoms with Crippen LogP contribution in [0.2, 0.25) is 0 Å². The average Bonchev–Trinajstić information content (AvgIpc) is 3.27. The standard InChI is InChI=1S/C16H16N4O3/c21-14(10-6-7-10)18-12-4-1-3-11(9-12)15(22)19-20-16(23)13-5-2-8-17-13/h1-5,8-10,17H,6-7H2,(H,18,21)(H,19,22)(H,20,23). The second-order valence-electron chi connectivity index (χ2n) is 5.34. The smallest absolute Gasteiger partial charge is 0.286 e. The number of carbonyl (C=O) groups is 3. The molecule has 118 valence electrons. The zero-order chi connectivity index (χ0) is 16.2. The third-order valence-corrected chi connectivity index (χ3v) is 3.47. The van der Waals surface area contributed by atoms with Crippen LogP contribution in [-0.4, -0.2) is 22.7 Å². The number of amides is 3. The molecule has 1 aromatic heterocycles. The normalized spacial score (nSPS) is 13.2. The van der Waals surface area contributed by atoms with E-state index in [2.05, 4.69) is 21.2 Å². The summed E-state index contributed by atoms with van der Waals surface area (Å²) >= 11 is 0. The van der Waals surface area contributed by atoms with Crippen molar-refractivity contribution in [1.29, 1.82) is 0 Å². The molecule has 7 nitrogen and oxygen atoms in total. The summed E-state index contributed by atoms with van der Waals surface area (Å²) in [5.41, 5.74) is 5.89. The Morgan fingerprint density at radius 1 is 1.00 bits per heavy atom. The second-order valence-corrected chi connectivity index (χ2v) is 5.34. The molecule has 0 radical (unpaired) electrons. The highest BCUT2D eigenvalue weighted by Gasteiger charge is 2.29. The van der Waals surface area contributed by atoms with Crippen molar-refractivity contribution in [2.24, 2.45) is 5.92 Å². The number of hydrazine groups is 1. The molecule has 3 amide bonds. The van der Waals surface area contributed by atoms with Gasteiger partial charge in [-0.25, -0.2) is 0 Å². The number of hydrogen-bond donors (Lipinski definition) is 4. The first-order valence-corrected chi connectivity index (χ1v) is 7.28. The first-order chi connectivity index (χ1) is 11.1. The third-order valence-electron chi connectivity index (χ3n) is 3.47. The Bertz CT molecular complexity index is 736. The molecule has 1 heterocycles. The lowest BCUT2D eigenvalue weighted by Crippen LogP contribution is -2.41. The molecule has 1 fully saturated rings. The third kappa shape index (κ3) is 3.76. The highest BCUT2D eigenvalue weighted by Crippen LogP contribution is 2.30. The van der Waals surface area contributed by atoms with Crippen molar-refractivity contribution in [2.75, 3.05) is 5.32 Å². The minimum Gasteiger partial charge on any atom is -0.357 e. The van der Waals surface area contributed by atoms with Gasteiger partial charge in [0.05, 0.1) is 0 Å². The predicted molar refractivity (Wildman–Crippen MR) is 83.5 cm³/mol. The molecular weight excluding hydrogens is 296 g/mol. The van der Waals surface area contributed by atoms with Crippen LogP contribution in [-0.2, 0) is 4.79 Å². The Hall–Kier alpha value is -3.09. The molecule has 7 heteroatoms. The zero-order valence-corrected chi connectivity index (χ0v) is 12.3. The summed E-state index contributed by atoms with van der Waals surface area (Å²) in [6.45, 7) is 0. The van der Waals surface area contributed by atoms with Crippen molar-refractivity contribution in [3.63, 3.8) is 0 Å². The van der Waals surface area contributed by atoms with E-state index in [0.717, 1.165) is 12.8 Å². The van der Waals surface area contributed by atoms with Gasteiger partial charge in [0, 0.05) is 23.4 Å². The van der Waals surface area contributed by atoms with E-state index >= 15 is 0 Å². The van der Waals surface area contributed by atoms with E-state index in [1.807, 2.05) is 0 Å². The van der Waals surface area contributed by atoms with Crippen LogP contribution < -0.4 is 16.2 Å². The molecule has 4 N–H and O–H groups in total. The molecule has 1 saturated carbocycles. The van der Waals surface area contributed by atoms with Crippen molar-refractivity contribution in [2.45, 2.75) is 12.8 Å². The summed E-state index contributed by atoms with van der Waals surface area (Å²) in [5, 5.41) is 2.78. The van der Waals surface area contributed by atoms with Crippen LogP contribution in [0.4, 0.5) is 5.69 Å². The quantitative estimate of drug-likeness (QED) is 0.642. The van der Waals surface area contributed by atoms with Crippen LogP contribution in [0.15, 0.2) is 42.6 Å². The van der Waals surface area contributed by atoms with Crippen LogP contribution in [0.1, 0.15) is 33.7 Å². The largest absolute Gasteiger partial charge is 0.357 e. The van der Waals surface area contributed by atoms with Gasteiger partial charge in [0.1, 0.15) is 5.69 Å². The van der Waals surface area contributed by atoms with Crippen molar-refractivity contribution in [3.8, 4) is 0 Å². The van der Waals surface area contributed by atoms with E-state index in [4.69, 9.17) is 0 Å². The number of aromatic amines is 1. The molecule has 2 aromatic rings. The van der Waals surface area contributed by atoms with Gasteiger partial charge in [0.25, 0.3) is 11.8 Å². The fraction of sp³-hybridized carbons (Fsp3) is 0.188. The number of H-pyrrole nitrogens is 1. The Kier molecular flexibility index (Phi) is 4.09. The van der Waals surface area contributed by atoms with Gasteiger partial charge in [0.2, 0.25) is 5.91 Å². The number of carbonyl (C=O) groups excluding carboxylic acids is 3. The van der Waals surface area contributed by atoms with E-state index < -0.39 is 11.8 Å². The van der Waals surface area contributed by atoms with E-state index in [1.54, 1.807) is 42.6 Å². The van der Waals surface area contributed by atoms with Gasteiger partial charge in [-0.3, -0.25) is 25.2 Å². The van der Waals surface area contributed by atoms with E-state index in [0.29, 0.717) is 16.9 Å². The van der Waals surface area contributed by atoms with Gasteiger partial charge >= 0.3 is 0 Å². The summed E-state index contributed by atoms with van der Waals surface area (Å²) in [7, 11) is 0. The van der Waals surface area contributed by atoms with E-state index in [1.165, 1.54) is 0 Å². The number of rotatable bonds is 4. The topological polar surface area (TPSA) is 103 Å². The molecule has 0 spiro atoms. The Morgan fingerprint density at radius 3 is 2.48 bits per heavy atom. The number of benzene rings is 1. The number of nitrogens with one attached hydrogen (secondary N) is 4. The highest BCUT2D eigenvalue weighted by molar-refractivity contribution is 6.00. The number of hydrogen-bond acceptors (Lipinski definition) is 3. The lowest BCUT2D eigenvalue weighted by molar-refractivity contribution is -0.117. The Balaban J connectivity index is 1.58. The van der Waals surface area contributed by atoms with Gasteiger partial charge in [-0.15, -0.1) is 0 Å². The molecule has 3 rings (SSSR count). The first-order valence-electron chi connectivity index (χ1n) is 7.28. The molecule has 1 aliphatic rings. The summed E-state index contributed by atoms with van der Waals surface area (Å²) in [6, 6.07) is 9.83. The van der Waals surface area contributed by atoms with Gasteiger partial charge < -0.3 is 10.3 Å². The molecule has 0 unspecified atom stereocenters. The van der Waals surface area contributed by atoms with Crippen LogP contribution in [0, 0.1) is 5.92 Å². The molecule has 1 aromatic carbocycles. The Morgan fingerprint density at radius 2 is 1.78 bits per heavy atom. The van der Waals surface area contributed by atoms with Crippen LogP contribution in [0.25, 0.3) is 0 Å². The van der Waals surface area contributed by atoms with E-state index in [9.17, 15) is 14.4 Å². The SMILES string of the molecule is O=C(NNC(=O)c1ccc[nH]1)c1cccc(NC(=O)C2CC2)c1. The van der Waals surface area contributed by atoms with Gasteiger partial charge in [-0.2, -0.15) is 0 Å². The summed E-state index contributed by atoms with van der Waals surface area (Å²) in [5.74, 6) is -0.843. The molecule has 23 heavy (non-hydrogen) atoms. The first kappa shape index (κ1) is 14.8. The fourth-order valence-corrected chi connectivity index (χ4v) is 2.05. The highest BCUT2D eigenvalue weighted by atomic mass is 16.2. The monoisotopic (exact) mass is 312 g/mol. The van der Waals surface area contributed by atoms with Crippen molar-refractivity contribution < 1.29 is 14.4 Å². The van der Waals surface area contributed by atoms with Crippen LogP contribution in [0.3, 0.4) is 0 Å². The van der Waals surface area contributed by atoms with Crippen molar-refractivity contribution in [3.05, 3.63) is 53.9 Å². The van der Waals surface area contributed by atoms with Crippen molar-refractivity contribution >= 4 is 23.4 Å². The summed E-state index contributed by atoms with van der Waals surface area (Å²) in [4.78, 5) is 38.2. The minimum absolute atomic E-state index is 0.0254. The molecule has 0 bridgehead atoms. The number of aromatic nitrogens is 1. The summed E-state index contributed by atoms with van der Waals surface area (Å²) in [6.07, 6.45) is 3.44. The van der Waals surface area contributed by atoms with Gasteiger partial charge in [-0.1, -0.05) is 6.07 Å². The molecule has 0 saturated heterocycles. The van der Waals surface area contributed by atoms with E-state index in [-0.39, 0.29) is 11.8 Å². The van der Waals surface area contributed by atoms with Gasteiger partial charge in [0.15, 0.2) is 0 Å². The zero-order valence-electron chi connectivity index (χ0n) is 12.3. The Labute approximate surface area is 132 Å². The lowest BCUT2D eigenvalue weighted by atomic mass is 10.2. The molecule has 0 atom stereocenters. The van der Waals surface area contributed by atoms with Crippen molar-refractivity contribution in [1.82, 2.24) is 15.8 Å². The number of anilines is 1. The molecule has 0 aliphatic heterocycles. The van der Waals surface area contributed by atoms with Crippen LogP contribution in [0.5, 0.6) is 0 Å². The maximum absolute atomic E-state index is 12.1. The fourth-order valence-electron chi connectivity index (χ4n) is 2.05. The maximum atomic E-state index is 12.1. The van der Waals surface area contributed by atoms with Crippen LogP contribution >= 0.6 is 0 Å². The second kappa shape index (κ2) is 6.35. The predicted octanol–water partition coefficient (Wildman–Crippen LogP) is 1.44.